The average Bonchev–Trinajstić information content (AvgIpc) is 3.25. The van der Waals surface area contributed by atoms with Crippen LogP contribution in [-0.4, -0.2) is 73.2 Å². The summed E-state index contributed by atoms with van der Waals surface area (Å²) in [5, 5.41) is 0. The van der Waals surface area contributed by atoms with Crippen LogP contribution in [0.25, 0.3) is 0 Å². The van der Waals surface area contributed by atoms with Crippen LogP contribution in [0.1, 0.15) is 23.0 Å². The van der Waals surface area contributed by atoms with E-state index < -0.39 is 35.2 Å². The van der Waals surface area contributed by atoms with Gasteiger partial charge in [0, 0.05) is 38.7 Å². The number of furan rings is 1. The lowest BCUT2D eigenvalue weighted by Crippen LogP contribution is -2.49. The second-order valence-electron chi connectivity index (χ2n) is 7.29. The number of carbonyl (C=O) groups is 2. The molecular weight excluding hydrogens is 451 g/mol. The van der Waals surface area contributed by atoms with Crippen molar-refractivity contribution in [1.29, 1.82) is 0 Å². The molecule has 2 amide bonds. The molecule has 1 aromatic carbocycles. The van der Waals surface area contributed by atoms with Gasteiger partial charge in [0.05, 0.1) is 17.7 Å². The highest BCUT2D eigenvalue weighted by Gasteiger charge is 2.35. The summed E-state index contributed by atoms with van der Waals surface area (Å²) < 4.78 is 71.4. The number of sulfonamides is 1. The smallest absolute Gasteiger partial charge is 0.406 e. The van der Waals surface area contributed by atoms with Crippen molar-refractivity contribution < 1.29 is 35.6 Å². The van der Waals surface area contributed by atoms with Gasteiger partial charge in [-0.2, -0.15) is 17.5 Å². The SMILES string of the molecule is CC(=O)N1CCN(S(=O)(=O)c2cccc(C(=O)N(Cc3ccco3)CC(F)(F)F)c2)CC1. The second kappa shape index (κ2) is 9.33. The molecule has 2 aromatic rings. The van der Waals surface area contributed by atoms with Crippen LogP contribution < -0.4 is 0 Å². The van der Waals surface area contributed by atoms with Gasteiger partial charge >= 0.3 is 6.18 Å². The number of hydrogen-bond acceptors (Lipinski definition) is 5. The first-order valence-corrected chi connectivity index (χ1v) is 11.2. The molecule has 0 N–H and O–H groups in total. The van der Waals surface area contributed by atoms with Crippen LogP contribution in [0, 0.1) is 0 Å². The van der Waals surface area contributed by atoms with Crippen molar-refractivity contribution in [3.8, 4) is 0 Å². The highest BCUT2D eigenvalue weighted by atomic mass is 32.2. The van der Waals surface area contributed by atoms with Gasteiger partial charge in [-0.3, -0.25) is 9.59 Å². The van der Waals surface area contributed by atoms with Gasteiger partial charge in [0.15, 0.2) is 0 Å². The number of piperazine rings is 1. The molecule has 12 heteroatoms. The van der Waals surface area contributed by atoms with Gasteiger partial charge < -0.3 is 14.2 Å². The fourth-order valence-corrected chi connectivity index (χ4v) is 4.84. The van der Waals surface area contributed by atoms with Crippen molar-refractivity contribution in [2.24, 2.45) is 0 Å². The molecule has 0 atom stereocenters. The van der Waals surface area contributed by atoms with Crippen LogP contribution in [0.2, 0.25) is 0 Å². The van der Waals surface area contributed by atoms with Crippen molar-refractivity contribution in [2.75, 3.05) is 32.7 Å². The Hall–Kier alpha value is -2.86. The number of hydrogen-bond donors (Lipinski definition) is 0. The van der Waals surface area contributed by atoms with Crippen molar-refractivity contribution in [2.45, 2.75) is 24.5 Å². The molecule has 0 bridgehead atoms. The van der Waals surface area contributed by atoms with Crippen LogP contribution in [0.5, 0.6) is 0 Å². The maximum Gasteiger partial charge on any atom is 0.406 e. The number of carbonyl (C=O) groups excluding carboxylic acids is 2. The third-order valence-corrected chi connectivity index (χ3v) is 6.88. The summed E-state index contributed by atoms with van der Waals surface area (Å²) in [5.41, 5.74) is -0.191. The predicted molar refractivity (Wildman–Crippen MR) is 107 cm³/mol. The molecule has 1 aliphatic heterocycles. The van der Waals surface area contributed by atoms with E-state index >= 15 is 0 Å². The van der Waals surface area contributed by atoms with Crippen molar-refractivity contribution in [3.63, 3.8) is 0 Å². The van der Waals surface area contributed by atoms with E-state index in [1.807, 2.05) is 0 Å². The number of nitrogens with zero attached hydrogens (tertiary/aromatic N) is 3. The zero-order valence-electron chi connectivity index (χ0n) is 17.2. The average molecular weight is 473 g/mol. The highest BCUT2D eigenvalue weighted by Crippen LogP contribution is 2.23. The first-order valence-electron chi connectivity index (χ1n) is 9.71. The number of alkyl halides is 3. The van der Waals surface area contributed by atoms with E-state index in [-0.39, 0.29) is 48.3 Å². The first kappa shape index (κ1) is 23.8. The molecule has 1 aromatic heterocycles. The summed E-state index contributed by atoms with van der Waals surface area (Å²) in [6, 6.07) is 7.86. The maximum absolute atomic E-state index is 13.1. The summed E-state index contributed by atoms with van der Waals surface area (Å²) >= 11 is 0. The Morgan fingerprint density at radius 2 is 1.78 bits per heavy atom. The van der Waals surface area contributed by atoms with Gasteiger partial charge in [0.1, 0.15) is 12.3 Å². The van der Waals surface area contributed by atoms with Gasteiger partial charge in [-0.15, -0.1) is 0 Å². The fourth-order valence-electron chi connectivity index (χ4n) is 3.37. The number of rotatable bonds is 6. The van der Waals surface area contributed by atoms with E-state index in [2.05, 4.69) is 0 Å². The Bertz CT molecular complexity index is 1060. The standard InChI is InChI=1S/C20H22F3N3O5S/c1-15(27)24-7-9-26(10-8-24)32(29,30)18-6-2-4-16(12-18)19(28)25(14-20(21,22)23)13-17-5-3-11-31-17/h2-6,11-12H,7-10,13-14H2,1H3. The van der Waals surface area contributed by atoms with Crippen LogP contribution in [-0.2, 0) is 21.4 Å². The normalized spacial score (nSPS) is 15.6. The molecule has 1 fully saturated rings. The highest BCUT2D eigenvalue weighted by molar-refractivity contribution is 7.89. The molecule has 0 saturated carbocycles. The molecule has 8 nitrogen and oxygen atoms in total. The van der Waals surface area contributed by atoms with E-state index in [4.69, 9.17) is 4.42 Å². The third-order valence-electron chi connectivity index (χ3n) is 4.99. The maximum atomic E-state index is 13.1. The Morgan fingerprint density at radius 3 is 2.34 bits per heavy atom. The van der Waals surface area contributed by atoms with Crippen molar-refractivity contribution in [1.82, 2.24) is 14.1 Å². The minimum Gasteiger partial charge on any atom is -0.467 e. The van der Waals surface area contributed by atoms with E-state index in [0.717, 1.165) is 6.07 Å². The first-order chi connectivity index (χ1) is 15.0. The van der Waals surface area contributed by atoms with Gasteiger partial charge in [-0.1, -0.05) is 6.07 Å². The molecule has 1 saturated heterocycles. The lowest BCUT2D eigenvalue weighted by atomic mass is 10.2. The predicted octanol–water partition coefficient (Wildman–Crippen LogP) is 2.34. The molecule has 3 rings (SSSR count). The van der Waals surface area contributed by atoms with Crippen LogP contribution in [0.4, 0.5) is 13.2 Å². The lowest BCUT2D eigenvalue weighted by Gasteiger charge is -2.33. The minimum absolute atomic E-state index is 0.0821. The van der Waals surface area contributed by atoms with Crippen LogP contribution >= 0.6 is 0 Å². The summed E-state index contributed by atoms with van der Waals surface area (Å²) in [6.07, 6.45) is -3.37. The quantitative estimate of drug-likeness (QED) is 0.642. The number of amides is 2. The number of benzene rings is 1. The third kappa shape index (κ3) is 5.68. The molecule has 0 radical (unpaired) electrons. The molecule has 1 aliphatic rings. The molecule has 0 spiro atoms. The van der Waals surface area contributed by atoms with E-state index in [0.29, 0.717) is 4.90 Å². The Morgan fingerprint density at radius 1 is 1.09 bits per heavy atom. The topological polar surface area (TPSA) is 91.1 Å². The molecule has 32 heavy (non-hydrogen) atoms. The Kier molecular flexibility index (Phi) is 6.94. The summed E-state index contributed by atoms with van der Waals surface area (Å²) in [4.78, 5) is 26.2. The zero-order valence-corrected chi connectivity index (χ0v) is 18.0. The Labute approximate surface area is 183 Å². The molecule has 0 aliphatic carbocycles. The monoisotopic (exact) mass is 473 g/mol. The summed E-state index contributed by atoms with van der Waals surface area (Å²) in [5.74, 6) is -0.970. The largest absolute Gasteiger partial charge is 0.467 e. The van der Waals surface area contributed by atoms with Gasteiger partial charge in [-0.25, -0.2) is 8.42 Å². The van der Waals surface area contributed by atoms with E-state index in [9.17, 15) is 31.2 Å². The zero-order chi connectivity index (χ0) is 23.5. The van der Waals surface area contributed by atoms with Gasteiger partial charge in [-0.05, 0) is 30.3 Å². The molecule has 2 heterocycles. The lowest BCUT2D eigenvalue weighted by molar-refractivity contribution is -0.142. The Balaban J connectivity index is 1.83. The van der Waals surface area contributed by atoms with Crippen LogP contribution in [0.15, 0.2) is 52.0 Å². The molecular formula is C20H22F3N3O5S. The van der Waals surface area contributed by atoms with E-state index in [1.54, 1.807) is 0 Å². The second-order valence-corrected chi connectivity index (χ2v) is 9.23. The van der Waals surface area contributed by atoms with Crippen molar-refractivity contribution in [3.05, 3.63) is 54.0 Å². The molecule has 174 valence electrons. The fraction of sp³-hybridized carbons (Fsp3) is 0.400. The van der Waals surface area contributed by atoms with Gasteiger partial charge in [0.2, 0.25) is 15.9 Å². The minimum atomic E-state index is -4.65. The van der Waals surface area contributed by atoms with Crippen LogP contribution in [0.3, 0.4) is 0 Å². The summed E-state index contributed by atoms with van der Waals surface area (Å²) in [7, 11) is -3.99. The molecule has 0 unspecified atom stereocenters. The summed E-state index contributed by atoms with van der Waals surface area (Å²) in [6.45, 7) is 0.0868. The number of halogens is 3. The van der Waals surface area contributed by atoms with Gasteiger partial charge in [0.25, 0.3) is 5.91 Å². The van der Waals surface area contributed by atoms with E-state index in [1.165, 1.54) is 52.7 Å². The van der Waals surface area contributed by atoms with Crippen molar-refractivity contribution >= 4 is 21.8 Å².